The van der Waals surface area contributed by atoms with Crippen LogP contribution in [0.2, 0.25) is 0 Å². The predicted octanol–water partition coefficient (Wildman–Crippen LogP) is 2.47. The molecule has 0 unspecified atom stereocenters. The SMILES string of the molecule is CN1CCc2cc(C(=O)N3CCCCC34CN(C(=O)c3nccc5[nH]cnc35)C4)ccc21. The molecule has 2 aromatic heterocycles. The summed E-state index contributed by atoms with van der Waals surface area (Å²) < 4.78 is 0. The van der Waals surface area contributed by atoms with E-state index >= 15 is 0 Å². The molecule has 1 spiro atoms. The summed E-state index contributed by atoms with van der Waals surface area (Å²) in [6, 6.07) is 7.90. The number of likely N-dealkylation sites (N-methyl/N-ethyl adjacent to an activating group) is 1. The first-order chi connectivity index (χ1) is 15.6. The number of nitrogens with zero attached hydrogens (tertiary/aromatic N) is 5. The standard InChI is InChI=1S/C24H26N6O2/c1-28-11-7-16-12-17(4-5-19(16)28)22(31)30-10-3-2-8-24(30)13-29(14-24)23(32)21-20-18(6-9-25-21)26-15-27-20/h4-6,9,12,15H,2-3,7-8,10-11,13-14H2,1H3,(H,26,27). The van der Waals surface area contributed by atoms with Crippen molar-refractivity contribution < 1.29 is 9.59 Å². The number of piperidine rings is 1. The highest BCUT2D eigenvalue weighted by atomic mass is 16.2. The van der Waals surface area contributed by atoms with E-state index in [0.29, 0.717) is 24.3 Å². The first-order valence-corrected chi connectivity index (χ1v) is 11.3. The Balaban J connectivity index is 1.23. The van der Waals surface area contributed by atoms with Crippen molar-refractivity contribution in [3.63, 3.8) is 0 Å². The molecule has 0 aliphatic carbocycles. The molecule has 3 aliphatic rings. The highest BCUT2D eigenvalue weighted by Gasteiger charge is 2.52. The van der Waals surface area contributed by atoms with Crippen molar-refractivity contribution in [1.29, 1.82) is 0 Å². The van der Waals surface area contributed by atoms with Crippen LogP contribution in [-0.2, 0) is 6.42 Å². The quantitative estimate of drug-likeness (QED) is 0.675. The number of nitrogens with one attached hydrogen (secondary N) is 1. The molecule has 3 aliphatic heterocycles. The third kappa shape index (κ3) is 2.82. The van der Waals surface area contributed by atoms with E-state index < -0.39 is 0 Å². The van der Waals surface area contributed by atoms with Crippen molar-refractivity contribution in [3.8, 4) is 0 Å². The number of rotatable bonds is 2. The number of hydrogen-bond donors (Lipinski definition) is 1. The van der Waals surface area contributed by atoms with Crippen LogP contribution in [0.15, 0.2) is 36.8 Å². The number of H-pyrrole nitrogens is 1. The summed E-state index contributed by atoms with van der Waals surface area (Å²) in [6.07, 6.45) is 7.20. The van der Waals surface area contributed by atoms with Crippen LogP contribution in [0.1, 0.15) is 45.7 Å². The minimum Gasteiger partial charge on any atom is -0.374 e. The van der Waals surface area contributed by atoms with Crippen molar-refractivity contribution in [2.75, 3.05) is 38.1 Å². The third-order valence-corrected chi connectivity index (χ3v) is 7.34. The minimum absolute atomic E-state index is 0.0849. The van der Waals surface area contributed by atoms with Gasteiger partial charge < -0.3 is 19.7 Å². The number of benzene rings is 1. The van der Waals surface area contributed by atoms with Gasteiger partial charge in [-0.3, -0.25) is 9.59 Å². The van der Waals surface area contributed by atoms with Crippen molar-refractivity contribution in [2.24, 2.45) is 0 Å². The van der Waals surface area contributed by atoms with Gasteiger partial charge in [0.2, 0.25) is 0 Å². The minimum atomic E-state index is -0.278. The molecule has 8 nitrogen and oxygen atoms in total. The number of pyridine rings is 1. The molecule has 0 bridgehead atoms. The molecule has 1 aromatic carbocycles. The second-order valence-electron chi connectivity index (χ2n) is 9.27. The highest BCUT2D eigenvalue weighted by Crippen LogP contribution is 2.39. The van der Waals surface area contributed by atoms with Crippen molar-refractivity contribution in [3.05, 3.63) is 53.6 Å². The van der Waals surface area contributed by atoms with E-state index in [2.05, 4.69) is 39.0 Å². The van der Waals surface area contributed by atoms with Gasteiger partial charge in [-0.25, -0.2) is 9.97 Å². The first kappa shape index (κ1) is 19.3. The molecule has 8 heteroatoms. The molecular weight excluding hydrogens is 404 g/mol. The summed E-state index contributed by atoms with van der Waals surface area (Å²) in [5.41, 5.74) is 4.71. The van der Waals surface area contributed by atoms with Crippen LogP contribution in [0.5, 0.6) is 0 Å². The van der Waals surface area contributed by atoms with Crippen LogP contribution < -0.4 is 4.90 Å². The molecule has 0 radical (unpaired) electrons. The smallest absolute Gasteiger partial charge is 0.274 e. The topological polar surface area (TPSA) is 85.4 Å². The monoisotopic (exact) mass is 430 g/mol. The number of anilines is 1. The van der Waals surface area contributed by atoms with Crippen LogP contribution in [0.4, 0.5) is 5.69 Å². The van der Waals surface area contributed by atoms with Gasteiger partial charge >= 0.3 is 0 Å². The highest BCUT2D eigenvalue weighted by molar-refractivity contribution is 6.03. The molecule has 164 valence electrons. The van der Waals surface area contributed by atoms with Gasteiger partial charge in [-0.05, 0) is 55.5 Å². The van der Waals surface area contributed by atoms with Gasteiger partial charge in [0.25, 0.3) is 11.8 Å². The average molecular weight is 431 g/mol. The first-order valence-electron chi connectivity index (χ1n) is 11.3. The molecular formula is C24H26N6O2. The lowest BCUT2D eigenvalue weighted by Gasteiger charge is -2.57. The lowest BCUT2D eigenvalue weighted by atomic mass is 9.79. The average Bonchev–Trinajstić information content (AvgIpc) is 3.42. The Kier molecular flexibility index (Phi) is 4.25. The summed E-state index contributed by atoms with van der Waals surface area (Å²) >= 11 is 0. The van der Waals surface area contributed by atoms with E-state index in [9.17, 15) is 9.59 Å². The summed E-state index contributed by atoms with van der Waals surface area (Å²) in [5, 5.41) is 0. The summed E-state index contributed by atoms with van der Waals surface area (Å²) in [7, 11) is 2.09. The molecule has 0 atom stereocenters. The summed E-state index contributed by atoms with van der Waals surface area (Å²) in [5.74, 6) is -0.0338. The fourth-order valence-electron chi connectivity index (χ4n) is 5.58. The Hall–Kier alpha value is -3.42. The Morgan fingerprint density at radius 1 is 1.06 bits per heavy atom. The van der Waals surface area contributed by atoms with Gasteiger partial charge in [0.15, 0.2) is 5.69 Å². The number of aromatic nitrogens is 3. The molecule has 6 rings (SSSR count). The maximum Gasteiger partial charge on any atom is 0.274 e. The Labute approximate surface area is 186 Å². The fraction of sp³-hybridized carbons (Fsp3) is 0.417. The van der Waals surface area contributed by atoms with Gasteiger partial charge in [0.05, 0.1) is 17.4 Å². The van der Waals surface area contributed by atoms with Crippen LogP contribution in [0.25, 0.3) is 11.0 Å². The van der Waals surface area contributed by atoms with Gasteiger partial charge in [0, 0.05) is 50.7 Å². The molecule has 2 amide bonds. The summed E-state index contributed by atoms with van der Waals surface area (Å²) in [6.45, 7) is 2.83. The number of carbonyl (C=O) groups is 2. The number of imidazole rings is 1. The maximum absolute atomic E-state index is 13.6. The number of hydrogen-bond acceptors (Lipinski definition) is 5. The third-order valence-electron chi connectivity index (χ3n) is 7.34. The van der Waals surface area contributed by atoms with E-state index in [1.807, 2.05) is 17.0 Å². The zero-order chi connectivity index (χ0) is 21.9. The molecule has 5 heterocycles. The van der Waals surface area contributed by atoms with Gasteiger partial charge in [-0.1, -0.05) is 0 Å². The number of likely N-dealkylation sites (tertiary alicyclic amines) is 2. The summed E-state index contributed by atoms with van der Waals surface area (Å²) in [4.78, 5) is 44.4. The number of amides is 2. The second-order valence-corrected chi connectivity index (χ2v) is 9.27. The van der Waals surface area contributed by atoms with Crippen LogP contribution in [-0.4, -0.2) is 75.3 Å². The normalized spacial score (nSPS) is 19.3. The second kappa shape index (κ2) is 7.05. The van der Waals surface area contributed by atoms with Crippen LogP contribution in [0, 0.1) is 0 Å². The number of fused-ring (bicyclic) bond motifs is 2. The number of aromatic amines is 1. The Bertz CT molecular complexity index is 1230. The fourth-order valence-corrected chi connectivity index (χ4v) is 5.58. The van der Waals surface area contributed by atoms with Crippen LogP contribution >= 0.6 is 0 Å². The van der Waals surface area contributed by atoms with E-state index in [1.165, 1.54) is 11.3 Å². The molecule has 2 fully saturated rings. The van der Waals surface area contributed by atoms with Crippen molar-refractivity contribution >= 4 is 28.5 Å². The van der Waals surface area contributed by atoms with Gasteiger partial charge in [-0.15, -0.1) is 0 Å². The van der Waals surface area contributed by atoms with Gasteiger partial charge in [0.1, 0.15) is 5.52 Å². The molecule has 0 saturated carbocycles. The van der Waals surface area contributed by atoms with E-state index in [1.54, 1.807) is 17.4 Å². The maximum atomic E-state index is 13.6. The zero-order valence-electron chi connectivity index (χ0n) is 18.2. The number of carbonyl (C=O) groups excluding carboxylic acids is 2. The molecule has 2 saturated heterocycles. The predicted molar refractivity (Wildman–Crippen MR) is 121 cm³/mol. The molecule has 32 heavy (non-hydrogen) atoms. The van der Waals surface area contributed by atoms with Crippen molar-refractivity contribution in [2.45, 2.75) is 31.2 Å². The van der Waals surface area contributed by atoms with Crippen molar-refractivity contribution in [1.82, 2.24) is 24.8 Å². The van der Waals surface area contributed by atoms with E-state index in [0.717, 1.165) is 49.9 Å². The lowest BCUT2D eigenvalue weighted by Crippen LogP contribution is -2.73. The van der Waals surface area contributed by atoms with Gasteiger partial charge in [-0.2, -0.15) is 0 Å². The largest absolute Gasteiger partial charge is 0.374 e. The molecule has 3 aromatic rings. The van der Waals surface area contributed by atoms with E-state index in [-0.39, 0.29) is 17.4 Å². The Morgan fingerprint density at radius 2 is 1.94 bits per heavy atom. The zero-order valence-corrected chi connectivity index (χ0v) is 18.2. The van der Waals surface area contributed by atoms with Crippen LogP contribution in [0.3, 0.4) is 0 Å². The lowest BCUT2D eigenvalue weighted by molar-refractivity contribution is -0.0479. The Morgan fingerprint density at radius 3 is 2.81 bits per heavy atom. The van der Waals surface area contributed by atoms with E-state index in [4.69, 9.17) is 0 Å². The molecule has 1 N–H and O–H groups in total.